The van der Waals surface area contributed by atoms with Gasteiger partial charge in [-0.2, -0.15) is 8.42 Å². The molecule has 268 valence electrons. The first-order chi connectivity index (χ1) is 22.0. The number of alkyl carbamates (subject to hydrolysis) is 1. The lowest BCUT2D eigenvalue weighted by molar-refractivity contribution is -0.162. The van der Waals surface area contributed by atoms with Crippen molar-refractivity contribution in [3.63, 3.8) is 0 Å². The van der Waals surface area contributed by atoms with Gasteiger partial charge in [-0.25, -0.2) is 9.59 Å². The second-order valence-electron chi connectivity index (χ2n) is 14.5. The molecule has 0 aliphatic rings. The minimum atomic E-state index is -4.06. The molecule has 0 saturated heterocycles. The molecule has 1 amide bonds. The van der Waals surface area contributed by atoms with Gasteiger partial charge in [0.05, 0.1) is 17.4 Å². The standard InChI is InChI=1S/C35H51NO11S/c1-23-11-17-28(18-12-23)48(41,42)43-22-27(21-37)44-26-15-13-24(14-16-26)19-25(30(38)45-33(2,3)4)20-29(31(39)46-34(5,6)7)36-32(40)47-35(8,9)10/h11-18,25,27,29,37H,19-22H2,1-10H3,(H,36,40). The van der Waals surface area contributed by atoms with E-state index in [4.69, 9.17) is 23.1 Å². The Morgan fingerprint density at radius 2 is 1.29 bits per heavy atom. The number of aliphatic hydroxyl groups excluding tert-OH is 1. The number of esters is 2. The molecule has 48 heavy (non-hydrogen) atoms. The fourth-order valence-electron chi connectivity index (χ4n) is 4.21. The van der Waals surface area contributed by atoms with E-state index in [0.29, 0.717) is 11.3 Å². The van der Waals surface area contributed by atoms with Gasteiger partial charge in [0, 0.05) is 0 Å². The SMILES string of the molecule is Cc1ccc(S(=O)(=O)OCC(CO)Oc2ccc(CC(CC(NC(=O)OC(C)(C)C)C(=O)OC(C)(C)C)C(=O)OC(C)(C)C)cc2)cc1. The van der Waals surface area contributed by atoms with Gasteiger partial charge >= 0.3 is 18.0 Å². The first-order valence-corrected chi connectivity index (χ1v) is 17.1. The maximum Gasteiger partial charge on any atom is 0.408 e. The highest BCUT2D eigenvalue weighted by atomic mass is 32.2. The third-order valence-corrected chi connectivity index (χ3v) is 7.57. The van der Waals surface area contributed by atoms with Crippen LogP contribution in [-0.4, -0.2) is 73.7 Å². The second kappa shape index (κ2) is 16.6. The molecule has 0 aromatic heterocycles. The van der Waals surface area contributed by atoms with E-state index in [1.807, 2.05) is 6.92 Å². The van der Waals surface area contributed by atoms with Crippen molar-refractivity contribution in [3.8, 4) is 5.75 Å². The molecule has 2 aromatic carbocycles. The van der Waals surface area contributed by atoms with Crippen molar-refractivity contribution in [2.75, 3.05) is 13.2 Å². The summed E-state index contributed by atoms with van der Waals surface area (Å²) < 4.78 is 52.6. The summed E-state index contributed by atoms with van der Waals surface area (Å²) in [6, 6.07) is 11.5. The summed E-state index contributed by atoms with van der Waals surface area (Å²) in [4.78, 5) is 39.3. The summed E-state index contributed by atoms with van der Waals surface area (Å²) in [6.07, 6.45) is -1.83. The third-order valence-electron chi connectivity index (χ3n) is 6.27. The number of nitrogens with one attached hydrogen (secondary N) is 1. The maximum absolute atomic E-state index is 13.4. The van der Waals surface area contributed by atoms with Crippen molar-refractivity contribution >= 4 is 28.1 Å². The molecule has 0 heterocycles. The smallest absolute Gasteiger partial charge is 0.408 e. The minimum absolute atomic E-state index is 0.0103. The van der Waals surface area contributed by atoms with E-state index >= 15 is 0 Å². The van der Waals surface area contributed by atoms with E-state index in [-0.39, 0.29) is 17.7 Å². The van der Waals surface area contributed by atoms with Crippen molar-refractivity contribution in [1.82, 2.24) is 5.32 Å². The number of aliphatic hydroxyl groups is 1. The van der Waals surface area contributed by atoms with Crippen molar-refractivity contribution in [2.24, 2.45) is 5.92 Å². The maximum atomic E-state index is 13.4. The van der Waals surface area contributed by atoms with E-state index in [9.17, 15) is 27.9 Å². The van der Waals surface area contributed by atoms with E-state index in [1.165, 1.54) is 12.1 Å². The molecule has 0 aliphatic heterocycles. The number of amides is 1. The van der Waals surface area contributed by atoms with Crippen LogP contribution in [0.4, 0.5) is 4.79 Å². The number of hydrogen-bond donors (Lipinski definition) is 2. The summed E-state index contributed by atoms with van der Waals surface area (Å²) in [7, 11) is -4.06. The van der Waals surface area contributed by atoms with Gasteiger partial charge in [-0.3, -0.25) is 8.98 Å². The summed E-state index contributed by atoms with van der Waals surface area (Å²) in [5.74, 6) is -1.86. The van der Waals surface area contributed by atoms with Gasteiger partial charge in [0.2, 0.25) is 0 Å². The number of benzene rings is 2. The van der Waals surface area contributed by atoms with E-state index < -0.39 is 76.2 Å². The fraction of sp³-hybridized carbons (Fsp3) is 0.571. The number of rotatable bonds is 14. The van der Waals surface area contributed by atoms with E-state index in [2.05, 4.69) is 5.32 Å². The molecule has 0 aliphatic carbocycles. The highest BCUT2D eigenvalue weighted by molar-refractivity contribution is 7.86. The predicted octanol–water partition coefficient (Wildman–Crippen LogP) is 5.27. The van der Waals surface area contributed by atoms with Crippen molar-refractivity contribution < 1.29 is 51.0 Å². The molecule has 2 N–H and O–H groups in total. The molecule has 0 fully saturated rings. The predicted molar refractivity (Wildman–Crippen MR) is 179 cm³/mol. The number of aryl methyl sites for hydroxylation is 1. The van der Waals surface area contributed by atoms with Crippen LogP contribution >= 0.6 is 0 Å². The van der Waals surface area contributed by atoms with Gasteiger partial charge < -0.3 is 29.4 Å². The van der Waals surface area contributed by atoms with Crippen LogP contribution in [0.5, 0.6) is 5.75 Å². The second-order valence-corrected chi connectivity index (χ2v) is 16.1. The largest absolute Gasteiger partial charge is 0.486 e. The van der Waals surface area contributed by atoms with Crippen molar-refractivity contribution in [3.05, 3.63) is 59.7 Å². The Bertz CT molecular complexity index is 1470. The van der Waals surface area contributed by atoms with E-state index in [0.717, 1.165) is 5.56 Å². The minimum Gasteiger partial charge on any atom is -0.486 e. The van der Waals surface area contributed by atoms with Crippen molar-refractivity contribution in [1.29, 1.82) is 0 Å². The Balaban J connectivity index is 2.23. The number of carbonyl (C=O) groups is 3. The monoisotopic (exact) mass is 693 g/mol. The van der Waals surface area contributed by atoms with E-state index in [1.54, 1.807) is 98.7 Å². The van der Waals surface area contributed by atoms with Crippen LogP contribution < -0.4 is 10.1 Å². The van der Waals surface area contributed by atoms with Crippen LogP contribution in [0.15, 0.2) is 53.4 Å². The number of ether oxygens (including phenoxy) is 4. The zero-order valence-corrected chi connectivity index (χ0v) is 30.4. The Kier molecular flexibility index (Phi) is 14.0. The Labute approximate surface area is 284 Å². The molecular formula is C35H51NO11S. The number of carbonyl (C=O) groups excluding carboxylic acids is 3. The van der Waals surface area contributed by atoms with Crippen molar-refractivity contribution in [2.45, 2.75) is 116 Å². The Hall–Kier alpha value is -3.68. The summed E-state index contributed by atoms with van der Waals surface area (Å²) in [6.45, 7) is 16.2. The lowest BCUT2D eigenvalue weighted by Gasteiger charge is -2.29. The average molecular weight is 694 g/mol. The van der Waals surface area contributed by atoms with Gasteiger partial charge in [0.25, 0.3) is 10.1 Å². The van der Waals surface area contributed by atoms with Crippen LogP contribution in [0.3, 0.4) is 0 Å². The highest BCUT2D eigenvalue weighted by Crippen LogP contribution is 2.24. The summed E-state index contributed by atoms with van der Waals surface area (Å²) >= 11 is 0. The molecule has 0 radical (unpaired) electrons. The molecule has 2 rings (SSSR count). The molecule has 2 aromatic rings. The van der Waals surface area contributed by atoms with Crippen LogP contribution in [0.25, 0.3) is 0 Å². The van der Waals surface area contributed by atoms with Gasteiger partial charge in [0.1, 0.15) is 41.3 Å². The third kappa shape index (κ3) is 15.0. The summed E-state index contributed by atoms with van der Waals surface area (Å²) in [5, 5.41) is 12.4. The molecule has 0 spiro atoms. The lowest BCUT2D eigenvalue weighted by Crippen LogP contribution is -2.48. The number of hydrogen-bond acceptors (Lipinski definition) is 11. The highest BCUT2D eigenvalue weighted by Gasteiger charge is 2.35. The zero-order chi connectivity index (χ0) is 36.5. The zero-order valence-electron chi connectivity index (χ0n) is 29.6. The molecule has 0 saturated carbocycles. The van der Waals surface area contributed by atoms with Gasteiger partial charge in [-0.1, -0.05) is 29.8 Å². The first-order valence-electron chi connectivity index (χ1n) is 15.7. The van der Waals surface area contributed by atoms with Gasteiger partial charge in [-0.15, -0.1) is 0 Å². The molecule has 13 heteroatoms. The van der Waals surface area contributed by atoms with Crippen LogP contribution in [0.2, 0.25) is 0 Å². The van der Waals surface area contributed by atoms with Crippen LogP contribution in [0.1, 0.15) is 79.9 Å². The molecule has 0 bridgehead atoms. The van der Waals surface area contributed by atoms with Gasteiger partial charge in [-0.05, 0) is 112 Å². The van der Waals surface area contributed by atoms with Gasteiger partial charge in [0.15, 0.2) is 0 Å². The quantitative estimate of drug-likeness (QED) is 0.151. The molecule has 12 nitrogen and oxygen atoms in total. The Morgan fingerprint density at radius 1 is 0.771 bits per heavy atom. The normalized spacial score (nSPS) is 14.3. The average Bonchev–Trinajstić information content (AvgIpc) is 2.92. The fourth-order valence-corrected chi connectivity index (χ4v) is 5.15. The van der Waals surface area contributed by atoms with Crippen LogP contribution in [-0.2, 0) is 44.5 Å². The molecule has 3 atom stereocenters. The summed E-state index contributed by atoms with van der Waals surface area (Å²) in [5.41, 5.74) is -0.928. The first kappa shape index (κ1) is 40.5. The molecule has 3 unspecified atom stereocenters. The molecular weight excluding hydrogens is 642 g/mol. The van der Waals surface area contributed by atoms with Crippen LogP contribution in [0, 0.1) is 12.8 Å². The topological polar surface area (TPSA) is 164 Å². The lowest BCUT2D eigenvalue weighted by atomic mass is 9.92. The Morgan fingerprint density at radius 3 is 1.79 bits per heavy atom.